The van der Waals surface area contributed by atoms with Crippen LogP contribution >= 0.6 is 0 Å². The smallest absolute Gasteiger partial charge is 0.122 e. The molecule has 0 fully saturated rings. The van der Waals surface area contributed by atoms with Crippen LogP contribution in [0.3, 0.4) is 0 Å². The number of pyridine rings is 1. The molecule has 1 atom stereocenters. The maximum absolute atomic E-state index is 10.4. The van der Waals surface area contributed by atoms with E-state index in [9.17, 15) is 5.11 Å². The Bertz CT molecular complexity index is 538. The lowest BCUT2D eigenvalue weighted by Gasteiger charge is -2.16. The van der Waals surface area contributed by atoms with E-state index in [-0.39, 0.29) is 0 Å². The largest absolute Gasteiger partial charge is 0.496 e. The number of rotatable bonds is 3. The number of nitrogens with zero attached hydrogens (tertiary/aromatic N) is 1. The first-order valence-corrected chi connectivity index (χ1v) is 5.86. The third kappa shape index (κ3) is 2.36. The van der Waals surface area contributed by atoms with Gasteiger partial charge in [-0.15, -0.1) is 0 Å². The van der Waals surface area contributed by atoms with E-state index in [2.05, 4.69) is 4.98 Å². The second-order valence-electron chi connectivity index (χ2n) is 4.36. The predicted octanol–water partition coefficient (Wildman–Crippen LogP) is 2.79. The lowest BCUT2D eigenvalue weighted by atomic mass is 9.96. The van der Waals surface area contributed by atoms with E-state index < -0.39 is 6.10 Å². The molecule has 0 aliphatic heterocycles. The lowest BCUT2D eigenvalue weighted by Crippen LogP contribution is -2.03. The fraction of sp³-hybridized carbons (Fsp3) is 0.267. The Balaban J connectivity index is 2.43. The highest BCUT2D eigenvalue weighted by Crippen LogP contribution is 2.29. The molecule has 0 aliphatic rings. The molecule has 1 aromatic heterocycles. The van der Waals surface area contributed by atoms with Gasteiger partial charge in [0.15, 0.2) is 0 Å². The second-order valence-corrected chi connectivity index (χ2v) is 4.36. The lowest BCUT2D eigenvalue weighted by molar-refractivity contribution is 0.219. The van der Waals surface area contributed by atoms with Crippen LogP contribution in [0.15, 0.2) is 36.7 Å². The maximum atomic E-state index is 10.4. The molecule has 0 amide bonds. The standard InChI is InChI=1S/C15H17NO2/c1-10-9-14(18-3)11(2)8-13(10)15(17)12-4-6-16-7-5-12/h4-9,15,17H,1-3H3. The molecule has 2 aromatic rings. The fourth-order valence-electron chi connectivity index (χ4n) is 2.05. The van der Waals surface area contributed by atoms with Gasteiger partial charge in [0.25, 0.3) is 0 Å². The zero-order valence-corrected chi connectivity index (χ0v) is 10.8. The van der Waals surface area contributed by atoms with E-state index >= 15 is 0 Å². The minimum atomic E-state index is -0.627. The first-order valence-electron chi connectivity index (χ1n) is 5.86. The van der Waals surface area contributed by atoms with Gasteiger partial charge in [0.1, 0.15) is 11.9 Å². The van der Waals surface area contributed by atoms with E-state index in [0.29, 0.717) is 0 Å². The van der Waals surface area contributed by atoms with Gasteiger partial charge in [-0.1, -0.05) is 0 Å². The van der Waals surface area contributed by atoms with Crippen molar-refractivity contribution in [1.29, 1.82) is 0 Å². The van der Waals surface area contributed by atoms with E-state index in [4.69, 9.17) is 4.74 Å². The van der Waals surface area contributed by atoms with E-state index in [1.165, 1.54) is 0 Å². The number of aromatic nitrogens is 1. The van der Waals surface area contributed by atoms with Crippen LogP contribution in [0, 0.1) is 13.8 Å². The minimum Gasteiger partial charge on any atom is -0.496 e. The van der Waals surface area contributed by atoms with Gasteiger partial charge >= 0.3 is 0 Å². The molecular weight excluding hydrogens is 226 g/mol. The van der Waals surface area contributed by atoms with Crippen molar-refractivity contribution in [1.82, 2.24) is 4.98 Å². The van der Waals surface area contributed by atoms with Gasteiger partial charge in [0.2, 0.25) is 0 Å². The molecule has 2 rings (SSSR count). The second kappa shape index (κ2) is 5.19. The van der Waals surface area contributed by atoms with Crippen LogP contribution in [0.2, 0.25) is 0 Å². The molecule has 3 heteroatoms. The Morgan fingerprint density at radius 1 is 1.11 bits per heavy atom. The molecule has 0 spiro atoms. The molecule has 94 valence electrons. The molecule has 1 heterocycles. The van der Waals surface area contributed by atoms with Crippen LogP contribution in [0.25, 0.3) is 0 Å². The molecule has 0 radical (unpaired) electrons. The molecule has 1 aromatic carbocycles. The summed E-state index contributed by atoms with van der Waals surface area (Å²) in [7, 11) is 1.65. The fourth-order valence-corrected chi connectivity index (χ4v) is 2.05. The number of aliphatic hydroxyl groups excluding tert-OH is 1. The molecule has 0 saturated carbocycles. The number of hydrogen-bond acceptors (Lipinski definition) is 3. The monoisotopic (exact) mass is 243 g/mol. The molecule has 0 aliphatic carbocycles. The molecule has 1 unspecified atom stereocenters. The van der Waals surface area contributed by atoms with Crippen molar-refractivity contribution in [2.75, 3.05) is 7.11 Å². The maximum Gasteiger partial charge on any atom is 0.122 e. The Morgan fingerprint density at radius 2 is 1.78 bits per heavy atom. The number of ether oxygens (including phenoxy) is 1. The van der Waals surface area contributed by atoms with Gasteiger partial charge in [-0.05, 0) is 60.4 Å². The quantitative estimate of drug-likeness (QED) is 0.901. The first kappa shape index (κ1) is 12.6. The predicted molar refractivity (Wildman–Crippen MR) is 70.8 cm³/mol. The summed E-state index contributed by atoms with van der Waals surface area (Å²) < 4.78 is 5.27. The van der Waals surface area contributed by atoms with Crippen molar-refractivity contribution >= 4 is 0 Å². The summed E-state index contributed by atoms with van der Waals surface area (Å²) in [5, 5.41) is 10.4. The topological polar surface area (TPSA) is 42.4 Å². The SMILES string of the molecule is COc1cc(C)c(C(O)c2ccncc2)cc1C. The van der Waals surface area contributed by atoms with Gasteiger partial charge in [0, 0.05) is 12.4 Å². The van der Waals surface area contributed by atoms with Gasteiger partial charge in [-0.2, -0.15) is 0 Å². The van der Waals surface area contributed by atoms with Crippen LogP contribution in [0.4, 0.5) is 0 Å². The third-order valence-electron chi connectivity index (χ3n) is 3.10. The van der Waals surface area contributed by atoms with Crippen LogP contribution in [-0.2, 0) is 0 Å². The Labute approximate surface area is 107 Å². The van der Waals surface area contributed by atoms with Crippen molar-refractivity contribution < 1.29 is 9.84 Å². The van der Waals surface area contributed by atoms with Crippen molar-refractivity contribution in [3.05, 3.63) is 58.9 Å². The van der Waals surface area contributed by atoms with Gasteiger partial charge in [-0.3, -0.25) is 4.98 Å². The van der Waals surface area contributed by atoms with Gasteiger partial charge in [-0.25, -0.2) is 0 Å². The van der Waals surface area contributed by atoms with E-state index in [1.807, 2.05) is 38.1 Å². The number of aryl methyl sites for hydroxylation is 2. The minimum absolute atomic E-state index is 0.627. The number of methoxy groups -OCH3 is 1. The van der Waals surface area contributed by atoms with Crippen LogP contribution in [0.5, 0.6) is 5.75 Å². The Morgan fingerprint density at radius 3 is 2.39 bits per heavy atom. The van der Waals surface area contributed by atoms with Crippen molar-refractivity contribution in [2.45, 2.75) is 20.0 Å². The summed E-state index contributed by atoms with van der Waals surface area (Å²) in [5.74, 6) is 0.846. The molecule has 0 bridgehead atoms. The summed E-state index contributed by atoms with van der Waals surface area (Å²) in [6, 6.07) is 7.57. The number of benzene rings is 1. The Kier molecular flexibility index (Phi) is 3.63. The summed E-state index contributed by atoms with van der Waals surface area (Å²) in [5.41, 5.74) is 3.78. The molecule has 1 N–H and O–H groups in total. The Hall–Kier alpha value is -1.87. The third-order valence-corrected chi connectivity index (χ3v) is 3.10. The van der Waals surface area contributed by atoms with Crippen molar-refractivity contribution in [3.8, 4) is 5.75 Å². The van der Waals surface area contributed by atoms with E-state index in [0.717, 1.165) is 28.0 Å². The highest BCUT2D eigenvalue weighted by atomic mass is 16.5. The zero-order valence-electron chi connectivity index (χ0n) is 10.8. The first-order chi connectivity index (χ1) is 8.63. The number of hydrogen-bond donors (Lipinski definition) is 1. The van der Waals surface area contributed by atoms with Crippen LogP contribution in [0.1, 0.15) is 28.4 Å². The average molecular weight is 243 g/mol. The summed E-state index contributed by atoms with van der Waals surface area (Å²) in [6.45, 7) is 3.95. The highest BCUT2D eigenvalue weighted by Gasteiger charge is 2.14. The molecule has 0 saturated heterocycles. The summed E-state index contributed by atoms with van der Waals surface area (Å²) in [4.78, 5) is 3.96. The average Bonchev–Trinajstić information content (AvgIpc) is 2.41. The van der Waals surface area contributed by atoms with E-state index in [1.54, 1.807) is 19.5 Å². The zero-order chi connectivity index (χ0) is 13.1. The molecule has 3 nitrogen and oxygen atoms in total. The molecule has 18 heavy (non-hydrogen) atoms. The summed E-state index contributed by atoms with van der Waals surface area (Å²) in [6.07, 6.45) is 2.74. The molecular formula is C15H17NO2. The van der Waals surface area contributed by atoms with Gasteiger partial charge in [0.05, 0.1) is 7.11 Å². The summed E-state index contributed by atoms with van der Waals surface area (Å²) >= 11 is 0. The number of aliphatic hydroxyl groups is 1. The van der Waals surface area contributed by atoms with Crippen molar-refractivity contribution in [3.63, 3.8) is 0 Å². The van der Waals surface area contributed by atoms with Gasteiger partial charge < -0.3 is 9.84 Å². The van der Waals surface area contributed by atoms with Crippen LogP contribution in [-0.4, -0.2) is 17.2 Å². The van der Waals surface area contributed by atoms with Crippen molar-refractivity contribution in [2.24, 2.45) is 0 Å². The highest BCUT2D eigenvalue weighted by molar-refractivity contribution is 5.44. The van der Waals surface area contributed by atoms with Crippen LogP contribution < -0.4 is 4.74 Å². The normalized spacial score (nSPS) is 12.2.